The zero-order valence-electron chi connectivity index (χ0n) is 15.7. The molecule has 6 nitrogen and oxygen atoms in total. The molecule has 8 heteroatoms. The maximum atomic E-state index is 12.7. The first-order valence-electron chi connectivity index (χ1n) is 9.32. The van der Waals surface area contributed by atoms with E-state index in [2.05, 4.69) is 26.0 Å². The van der Waals surface area contributed by atoms with Crippen LogP contribution in [0.4, 0.5) is 0 Å². The fourth-order valence-electron chi connectivity index (χ4n) is 3.72. The Morgan fingerprint density at radius 2 is 2.12 bits per heavy atom. The van der Waals surface area contributed by atoms with Gasteiger partial charge >= 0.3 is 0 Å². The van der Waals surface area contributed by atoms with Gasteiger partial charge in [0.15, 0.2) is 5.96 Å². The minimum Gasteiger partial charge on any atom is -0.352 e. The van der Waals surface area contributed by atoms with Crippen molar-refractivity contribution in [3.63, 3.8) is 0 Å². The van der Waals surface area contributed by atoms with Crippen LogP contribution in [0.2, 0.25) is 0 Å². The summed E-state index contributed by atoms with van der Waals surface area (Å²) in [4.78, 5) is 23.5. The summed E-state index contributed by atoms with van der Waals surface area (Å²) in [5.41, 5.74) is 1.05. The van der Waals surface area contributed by atoms with Gasteiger partial charge in [-0.05, 0) is 26.2 Å². The molecule has 1 saturated heterocycles. The molecule has 26 heavy (non-hydrogen) atoms. The number of rotatable bonds is 4. The number of aromatic nitrogens is 1. The van der Waals surface area contributed by atoms with Crippen LogP contribution < -0.4 is 10.6 Å². The number of amides is 1. The van der Waals surface area contributed by atoms with Gasteiger partial charge in [0, 0.05) is 43.2 Å². The largest absolute Gasteiger partial charge is 0.352 e. The average Bonchev–Trinajstić information content (AvgIpc) is 3.27. The fourth-order valence-corrected chi connectivity index (χ4v) is 4.43. The Bertz CT molecular complexity index is 614. The van der Waals surface area contributed by atoms with Crippen molar-refractivity contribution in [2.75, 3.05) is 20.1 Å². The van der Waals surface area contributed by atoms with Crippen LogP contribution in [0.3, 0.4) is 0 Å². The van der Waals surface area contributed by atoms with Crippen molar-refractivity contribution < 1.29 is 4.79 Å². The fraction of sp³-hybridized carbons (Fsp3) is 0.722. The van der Waals surface area contributed by atoms with Crippen molar-refractivity contribution in [1.29, 1.82) is 0 Å². The summed E-state index contributed by atoms with van der Waals surface area (Å²) < 4.78 is 0. The predicted octanol–water partition coefficient (Wildman–Crippen LogP) is 2.92. The van der Waals surface area contributed by atoms with Crippen LogP contribution in [0.5, 0.6) is 0 Å². The highest BCUT2D eigenvalue weighted by Crippen LogP contribution is 2.26. The van der Waals surface area contributed by atoms with E-state index >= 15 is 0 Å². The van der Waals surface area contributed by atoms with Crippen LogP contribution in [0, 0.1) is 12.8 Å². The number of hydrogen-bond donors (Lipinski definition) is 2. The first-order valence-corrected chi connectivity index (χ1v) is 10.2. The Morgan fingerprint density at radius 1 is 1.35 bits per heavy atom. The zero-order valence-corrected chi connectivity index (χ0v) is 18.8. The highest BCUT2D eigenvalue weighted by Gasteiger charge is 2.31. The Morgan fingerprint density at radius 3 is 2.77 bits per heavy atom. The number of aliphatic imine (C=N–C) groups is 1. The molecule has 1 aliphatic heterocycles. The van der Waals surface area contributed by atoms with Gasteiger partial charge in [-0.25, -0.2) is 4.98 Å². The van der Waals surface area contributed by atoms with E-state index in [1.54, 1.807) is 18.4 Å². The van der Waals surface area contributed by atoms with E-state index in [-0.39, 0.29) is 35.9 Å². The molecule has 1 saturated carbocycles. The van der Waals surface area contributed by atoms with E-state index in [4.69, 9.17) is 0 Å². The lowest BCUT2D eigenvalue weighted by atomic mass is 9.88. The van der Waals surface area contributed by atoms with Gasteiger partial charge in [-0.15, -0.1) is 35.3 Å². The van der Waals surface area contributed by atoms with Crippen LogP contribution in [-0.2, 0) is 11.3 Å². The lowest BCUT2D eigenvalue weighted by Crippen LogP contribution is -2.45. The smallest absolute Gasteiger partial charge is 0.225 e. The number of nitrogens with zero attached hydrogens (tertiary/aromatic N) is 3. The van der Waals surface area contributed by atoms with E-state index in [0.717, 1.165) is 49.0 Å². The van der Waals surface area contributed by atoms with Gasteiger partial charge < -0.3 is 15.5 Å². The Balaban J connectivity index is 0.00000243. The number of carbonyl (C=O) groups excluding carboxylic acids is 1. The number of likely N-dealkylation sites (tertiary alicyclic amines) is 1. The summed E-state index contributed by atoms with van der Waals surface area (Å²) in [6.45, 7) is 4.32. The molecular weight excluding hydrogens is 461 g/mol. The van der Waals surface area contributed by atoms with Gasteiger partial charge in [0.1, 0.15) is 5.01 Å². The number of guanidine groups is 1. The summed E-state index contributed by atoms with van der Waals surface area (Å²) in [6, 6.07) is 0.275. The molecule has 1 amide bonds. The third-order valence-electron chi connectivity index (χ3n) is 5.09. The Labute approximate surface area is 177 Å². The first-order chi connectivity index (χ1) is 12.2. The first kappa shape index (κ1) is 21.4. The average molecular weight is 491 g/mol. The molecule has 0 radical (unpaired) electrons. The molecular formula is C18H30IN5OS. The molecule has 0 spiro atoms. The van der Waals surface area contributed by atoms with Crippen LogP contribution in [0.25, 0.3) is 0 Å². The molecule has 0 bridgehead atoms. The molecule has 2 heterocycles. The number of nitrogens with one attached hydrogen (secondary N) is 2. The van der Waals surface area contributed by atoms with Crippen LogP contribution in [-0.4, -0.2) is 47.9 Å². The van der Waals surface area contributed by atoms with E-state index in [9.17, 15) is 4.79 Å². The number of thiazole rings is 1. The summed E-state index contributed by atoms with van der Waals surface area (Å²) >= 11 is 1.66. The maximum absolute atomic E-state index is 12.7. The van der Waals surface area contributed by atoms with Crippen molar-refractivity contribution in [3.05, 3.63) is 16.1 Å². The van der Waals surface area contributed by atoms with Gasteiger partial charge in [-0.1, -0.05) is 19.3 Å². The Kier molecular flexibility index (Phi) is 8.59. The van der Waals surface area contributed by atoms with Gasteiger partial charge in [0.05, 0.1) is 6.54 Å². The van der Waals surface area contributed by atoms with E-state index in [0.29, 0.717) is 12.5 Å². The maximum Gasteiger partial charge on any atom is 0.225 e. The highest BCUT2D eigenvalue weighted by atomic mass is 127. The van der Waals surface area contributed by atoms with E-state index in [1.165, 1.54) is 19.3 Å². The summed E-state index contributed by atoms with van der Waals surface area (Å²) in [6.07, 6.45) is 6.83. The van der Waals surface area contributed by atoms with Crippen molar-refractivity contribution in [1.82, 2.24) is 20.5 Å². The molecule has 2 N–H and O–H groups in total. The highest BCUT2D eigenvalue weighted by molar-refractivity contribution is 14.0. The molecule has 1 unspecified atom stereocenters. The second-order valence-electron chi connectivity index (χ2n) is 7.06. The third-order valence-corrected chi connectivity index (χ3v) is 6.06. The summed E-state index contributed by atoms with van der Waals surface area (Å²) in [5.74, 6) is 1.41. The molecule has 1 aliphatic carbocycles. The number of aryl methyl sites for hydroxylation is 1. The minimum absolute atomic E-state index is 0. The minimum atomic E-state index is 0. The normalized spacial score (nSPS) is 21.4. The molecule has 146 valence electrons. The monoisotopic (exact) mass is 491 g/mol. The predicted molar refractivity (Wildman–Crippen MR) is 117 cm³/mol. The van der Waals surface area contributed by atoms with Crippen molar-refractivity contribution in [2.45, 2.75) is 58.0 Å². The standard InChI is InChI=1S/C18H29N5OS.HI/c1-13-12-25-16(21-13)10-20-18(19-2)22-15-8-9-23(11-15)17(24)14-6-4-3-5-7-14;/h12,14-15H,3-11H2,1-2H3,(H2,19,20,22);1H. The third kappa shape index (κ3) is 5.80. The number of hydrogen-bond acceptors (Lipinski definition) is 4. The second kappa shape index (κ2) is 10.4. The van der Waals surface area contributed by atoms with Crippen molar-refractivity contribution >= 4 is 47.2 Å². The molecule has 1 atom stereocenters. The van der Waals surface area contributed by atoms with Gasteiger partial charge in [0.25, 0.3) is 0 Å². The van der Waals surface area contributed by atoms with Crippen LogP contribution in [0.15, 0.2) is 10.4 Å². The molecule has 0 aromatic carbocycles. The lowest BCUT2D eigenvalue weighted by molar-refractivity contribution is -0.135. The van der Waals surface area contributed by atoms with Crippen molar-refractivity contribution in [3.8, 4) is 0 Å². The molecule has 1 aromatic rings. The topological polar surface area (TPSA) is 69.6 Å². The SMILES string of the molecule is CN=C(NCc1nc(C)cs1)NC1CCN(C(=O)C2CCCCC2)C1.I. The van der Waals surface area contributed by atoms with Crippen molar-refractivity contribution in [2.24, 2.45) is 10.9 Å². The van der Waals surface area contributed by atoms with Crippen LogP contribution in [0.1, 0.15) is 49.2 Å². The van der Waals surface area contributed by atoms with Gasteiger partial charge in [-0.3, -0.25) is 9.79 Å². The molecule has 1 aromatic heterocycles. The van der Waals surface area contributed by atoms with Gasteiger partial charge in [-0.2, -0.15) is 0 Å². The molecule has 2 aliphatic rings. The number of carbonyl (C=O) groups is 1. The summed E-state index contributed by atoms with van der Waals surface area (Å²) in [7, 11) is 1.78. The number of halogens is 1. The quantitative estimate of drug-likeness (QED) is 0.386. The Hall–Kier alpha value is -0.900. The van der Waals surface area contributed by atoms with E-state index in [1.807, 2.05) is 11.8 Å². The van der Waals surface area contributed by atoms with Gasteiger partial charge in [0.2, 0.25) is 5.91 Å². The van der Waals surface area contributed by atoms with E-state index < -0.39 is 0 Å². The summed E-state index contributed by atoms with van der Waals surface area (Å²) in [5, 5.41) is 9.88. The zero-order chi connectivity index (χ0) is 17.6. The molecule has 2 fully saturated rings. The second-order valence-corrected chi connectivity index (χ2v) is 8.00. The molecule has 3 rings (SSSR count). The van der Waals surface area contributed by atoms with Crippen LogP contribution >= 0.6 is 35.3 Å². The lowest BCUT2D eigenvalue weighted by Gasteiger charge is -2.26.